The Morgan fingerprint density at radius 1 is 1.15 bits per heavy atom. The molecule has 0 spiro atoms. The van der Waals surface area contributed by atoms with Gasteiger partial charge in [0.25, 0.3) is 0 Å². The van der Waals surface area contributed by atoms with Gasteiger partial charge in [0.1, 0.15) is 43.4 Å². The lowest BCUT2D eigenvalue weighted by molar-refractivity contribution is -0.329. The van der Waals surface area contributed by atoms with Crippen LogP contribution < -0.4 is 4.74 Å². The Labute approximate surface area is 195 Å². The number of aliphatic hydroxyl groups excluding tert-OH is 4. The molecule has 4 rings (SSSR count). The van der Waals surface area contributed by atoms with Crippen molar-refractivity contribution in [3.8, 4) is 5.75 Å². The summed E-state index contributed by atoms with van der Waals surface area (Å²) in [5, 5.41) is 45.4. The van der Waals surface area contributed by atoms with E-state index in [1.165, 1.54) is 13.3 Å². The molecule has 4 N–H and O–H groups in total. The normalized spacial score (nSPS) is 31.2. The van der Waals surface area contributed by atoms with Gasteiger partial charge >= 0.3 is 0 Å². The summed E-state index contributed by atoms with van der Waals surface area (Å²) in [7, 11) is 1.46. The Balaban J connectivity index is 1.56. The average molecular weight is 480 g/mol. The standard InChI is InChI=1S/C23H26ClNO8/c1-30-25-8-9-31-17-5-2-14(3-6-17)10-15-11-16(4-7-18(15)24)23-21(29)19(27)20(28)22(12-26,33-23)13-32-23/h2-8,11,19-21,26-29H,9-10,12-13H2,1H3. The van der Waals surface area contributed by atoms with Crippen molar-refractivity contribution in [3.05, 3.63) is 64.2 Å². The summed E-state index contributed by atoms with van der Waals surface area (Å²) in [6.45, 7) is -0.486. The maximum absolute atomic E-state index is 10.7. The van der Waals surface area contributed by atoms with Crippen LogP contribution in [-0.2, 0) is 26.5 Å². The molecule has 0 amide bonds. The van der Waals surface area contributed by atoms with Gasteiger partial charge in [-0.3, -0.25) is 0 Å². The van der Waals surface area contributed by atoms with Crippen molar-refractivity contribution in [3.63, 3.8) is 0 Å². The van der Waals surface area contributed by atoms with Crippen molar-refractivity contribution >= 4 is 17.8 Å². The highest BCUT2D eigenvalue weighted by atomic mass is 35.5. The number of nitrogens with zero attached hydrogens (tertiary/aromatic N) is 1. The number of oxime groups is 1. The third kappa shape index (κ3) is 4.33. The summed E-state index contributed by atoms with van der Waals surface area (Å²) in [6, 6.07) is 12.5. The molecule has 5 atom stereocenters. The van der Waals surface area contributed by atoms with Crippen molar-refractivity contribution in [2.24, 2.45) is 5.16 Å². The highest BCUT2D eigenvalue weighted by molar-refractivity contribution is 6.31. The van der Waals surface area contributed by atoms with E-state index in [9.17, 15) is 20.4 Å². The second-order valence-corrected chi connectivity index (χ2v) is 8.48. The van der Waals surface area contributed by atoms with Gasteiger partial charge in [-0.25, -0.2) is 0 Å². The van der Waals surface area contributed by atoms with Gasteiger partial charge in [-0.2, -0.15) is 0 Å². The van der Waals surface area contributed by atoms with Crippen molar-refractivity contribution in [2.75, 3.05) is 26.9 Å². The first-order valence-electron chi connectivity index (χ1n) is 10.4. The fraction of sp³-hybridized carbons (Fsp3) is 0.435. The van der Waals surface area contributed by atoms with Crippen LogP contribution in [0.25, 0.3) is 0 Å². The van der Waals surface area contributed by atoms with Gasteiger partial charge < -0.3 is 39.5 Å². The molecule has 2 aromatic rings. The van der Waals surface area contributed by atoms with Crippen LogP contribution in [0.3, 0.4) is 0 Å². The second-order valence-electron chi connectivity index (χ2n) is 8.07. The van der Waals surface area contributed by atoms with Crippen LogP contribution in [0.2, 0.25) is 5.02 Å². The molecule has 2 aromatic carbocycles. The van der Waals surface area contributed by atoms with E-state index in [1.54, 1.807) is 18.2 Å². The Morgan fingerprint density at radius 3 is 2.61 bits per heavy atom. The maximum Gasteiger partial charge on any atom is 0.225 e. The summed E-state index contributed by atoms with van der Waals surface area (Å²) < 4.78 is 17.2. The van der Waals surface area contributed by atoms with Crippen LogP contribution in [-0.4, -0.2) is 77.5 Å². The molecule has 10 heteroatoms. The number of hydrogen-bond acceptors (Lipinski definition) is 9. The van der Waals surface area contributed by atoms with Gasteiger partial charge in [-0.15, -0.1) is 0 Å². The molecule has 2 aliphatic rings. The zero-order valence-corrected chi connectivity index (χ0v) is 18.7. The van der Waals surface area contributed by atoms with Crippen molar-refractivity contribution in [1.29, 1.82) is 0 Å². The lowest BCUT2D eigenvalue weighted by Crippen LogP contribution is -2.65. The number of hydrogen-bond donors (Lipinski definition) is 4. The minimum Gasteiger partial charge on any atom is -0.488 e. The minimum absolute atomic E-state index is 0.187. The van der Waals surface area contributed by atoms with Crippen LogP contribution in [0, 0.1) is 0 Å². The molecule has 9 nitrogen and oxygen atoms in total. The zero-order valence-electron chi connectivity index (χ0n) is 17.9. The minimum atomic E-state index is -1.73. The summed E-state index contributed by atoms with van der Waals surface area (Å²) in [6.07, 6.45) is -2.65. The lowest BCUT2D eigenvalue weighted by Gasteiger charge is -2.46. The molecule has 0 aliphatic carbocycles. The molecule has 2 bridgehead atoms. The predicted octanol–water partition coefficient (Wildman–Crippen LogP) is 0.969. The third-order valence-corrected chi connectivity index (χ3v) is 6.37. The number of ether oxygens (including phenoxy) is 3. The van der Waals surface area contributed by atoms with E-state index >= 15 is 0 Å². The van der Waals surface area contributed by atoms with Crippen molar-refractivity contribution in [2.45, 2.75) is 36.1 Å². The second kappa shape index (κ2) is 9.55. The molecular formula is C23H26ClNO8. The van der Waals surface area contributed by atoms with Crippen LogP contribution in [0.5, 0.6) is 5.75 Å². The SMILES string of the molecule is CON=CCOc1ccc(Cc2cc(C34OCC(CO)(O3)C(O)C(O)C4O)ccc2Cl)cc1. The lowest BCUT2D eigenvalue weighted by atomic mass is 9.83. The summed E-state index contributed by atoms with van der Waals surface area (Å²) in [4.78, 5) is 4.58. The molecule has 0 radical (unpaired) electrons. The molecule has 2 heterocycles. The molecule has 2 aliphatic heterocycles. The summed E-state index contributed by atoms with van der Waals surface area (Å²) in [5.41, 5.74) is 0.600. The number of benzene rings is 2. The highest BCUT2D eigenvalue weighted by Crippen LogP contribution is 2.49. The predicted molar refractivity (Wildman–Crippen MR) is 118 cm³/mol. The van der Waals surface area contributed by atoms with E-state index in [4.69, 9.17) is 25.8 Å². The fourth-order valence-corrected chi connectivity index (χ4v) is 4.35. The Kier molecular flexibility index (Phi) is 6.92. The average Bonchev–Trinajstić information content (AvgIpc) is 3.22. The topological polar surface area (TPSA) is 130 Å². The van der Waals surface area contributed by atoms with Crippen molar-refractivity contribution in [1.82, 2.24) is 0 Å². The van der Waals surface area contributed by atoms with Gasteiger partial charge in [0.15, 0.2) is 0 Å². The van der Waals surface area contributed by atoms with E-state index in [-0.39, 0.29) is 13.2 Å². The maximum atomic E-state index is 10.7. The monoisotopic (exact) mass is 479 g/mol. The van der Waals surface area contributed by atoms with Gasteiger partial charge in [0, 0.05) is 10.6 Å². The van der Waals surface area contributed by atoms with Gasteiger partial charge in [-0.1, -0.05) is 35.0 Å². The van der Waals surface area contributed by atoms with Crippen LogP contribution in [0.4, 0.5) is 0 Å². The Hall–Kier alpha value is -2.24. The fourth-order valence-electron chi connectivity index (χ4n) is 4.16. The first-order valence-corrected chi connectivity index (χ1v) is 10.8. The van der Waals surface area contributed by atoms with E-state index in [2.05, 4.69) is 9.99 Å². The van der Waals surface area contributed by atoms with Gasteiger partial charge in [-0.05, 0) is 41.8 Å². The largest absolute Gasteiger partial charge is 0.488 e. The first kappa shape index (κ1) is 23.9. The molecule has 178 valence electrons. The van der Waals surface area contributed by atoms with E-state index in [0.29, 0.717) is 22.8 Å². The third-order valence-electron chi connectivity index (χ3n) is 6.00. The van der Waals surface area contributed by atoms with Gasteiger partial charge in [0.2, 0.25) is 5.79 Å². The van der Waals surface area contributed by atoms with E-state index in [1.807, 2.05) is 24.3 Å². The van der Waals surface area contributed by atoms with Gasteiger partial charge in [0.05, 0.1) is 19.4 Å². The van der Waals surface area contributed by atoms with Crippen molar-refractivity contribution < 1.29 is 39.5 Å². The molecule has 33 heavy (non-hydrogen) atoms. The van der Waals surface area contributed by atoms with Crippen LogP contribution in [0.15, 0.2) is 47.6 Å². The number of aliphatic hydroxyl groups is 4. The summed E-state index contributed by atoms with van der Waals surface area (Å²) >= 11 is 6.43. The number of rotatable bonds is 8. The first-order chi connectivity index (χ1) is 15.8. The Morgan fingerprint density at radius 2 is 1.91 bits per heavy atom. The number of halogens is 1. The molecule has 0 saturated carbocycles. The highest BCUT2D eigenvalue weighted by Gasteiger charge is 2.67. The molecule has 2 saturated heterocycles. The molecular weight excluding hydrogens is 454 g/mol. The quantitative estimate of drug-likeness (QED) is 0.325. The van der Waals surface area contributed by atoms with E-state index in [0.717, 1.165) is 11.1 Å². The smallest absolute Gasteiger partial charge is 0.225 e. The van der Waals surface area contributed by atoms with Crippen LogP contribution >= 0.6 is 11.6 Å². The molecule has 2 fully saturated rings. The Bertz CT molecular complexity index is 1000. The zero-order chi connectivity index (χ0) is 23.6. The summed E-state index contributed by atoms with van der Waals surface area (Å²) in [5.74, 6) is -1.06. The number of fused-ring (bicyclic) bond motifs is 2. The van der Waals surface area contributed by atoms with Crippen LogP contribution in [0.1, 0.15) is 16.7 Å². The van der Waals surface area contributed by atoms with E-state index < -0.39 is 36.3 Å². The molecule has 0 aromatic heterocycles. The molecule has 5 unspecified atom stereocenters.